The van der Waals surface area contributed by atoms with E-state index < -0.39 is 11.4 Å². The van der Waals surface area contributed by atoms with Crippen molar-refractivity contribution in [1.82, 2.24) is 15.6 Å². The van der Waals surface area contributed by atoms with Crippen molar-refractivity contribution < 1.29 is 14.3 Å². The summed E-state index contributed by atoms with van der Waals surface area (Å²) in [6.45, 7) is 5.22. The highest BCUT2D eigenvalue weighted by molar-refractivity contribution is 7.15. The van der Waals surface area contributed by atoms with Crippen LogP contribution >= 0.6 is 22.9 Å². The molecule has 1 aliphatic rings. The Hall–Kier alpha value is -3.37. The number of ether oxygens (including phenoxy) is 1. The van der Waals surface area contributed by atoms with E-state index in [4.69, 9.17) is 22.1 Å². The van der Waals surface area contributed by atoms with Crippen LogP contribution in [-0.4, -0.2) is 28.6 Å². The normalized spacial score (nSPS) is 16.8. The molecule has 3 aromatic rings. The van der Waals surface area contributed by atoms with Crippen LogP contribution in [0.2, 0.25) is 4.47 Å². The Bertz CT molecular complexity index is 1390. The molecule has 1 aliphatic heterocycles. The molecule has 0 spiro atoms. The van der Waals surface area contributed by atoms with Crippen molar-refractivity contribution in [3.8, 4) is 5.75 Å². The fourth-order valence-corrected chi connectivity index (χ4v) is 5.14. The standard InChI is InChI=1S/C28H30ClN5O3S/c1-18-6-7-21(13-30)22(10-18)15-32-25(35)12-28(19(2)8-9-31-26(28)36)34-14-20-4-3-5-23(11-20)37-17-24-16-33-27(29)38-24/h3-11,16,34H,12-15,17,30H2,1-2H3,(H,32,35). The molecule has 4 rings (SSSR count). The number of halogens is 1. The first-order valence-corrected chi connectivity index (χ1v) is 13.4. The van der Waals surface area contributed by atoms with E-state index in [2.05, 4.69) is 20.6 Å². The summed E-state index contributed by atoms with van der Waals surface area (Å²) in [5.74, 6) is 0.00976. The van der Waals surface area contributed by atoms with Gasteiger partial charge in [0.05, 0.1) is 11.3 Å². The molecule has 10 heteroatoms. The largest absolute Gasteiger partial charge is 0.488 e. The Morgan fingerprint density at radius 2 is 2.00 bits per heavy atom. The fraction of sp³-hybridized carbons (Fsp3) is 0.286. The predicted molar refractivity (Wildman–Crippen MR) is 150 cm³/mol. The van der Waals surface area contributed by atoms with Crippen molar-refractivity contribution in [2.24, 2.45) is 10.7 Å². The Balaban J connectivity index is 1.44. The molecule has 38 heavy (non-hydrogen) atoms. The highest BCUT2D eigenvalue weighted by Crippen LogP contribution is 2.27. The summed E-state index contributed by atoms with van der Waals surface area (Å²) in [5, 5.41) is 6.28. The Morgan fingerprint density at radius 3 is 2.74 bits per heavy atom. The molecule has 2 amide bonds. The Kier molecular flexibility index (Phi) is 9.06. The van der Waals surface area contributed by atoms with Gasteiger partial charge in [-0.1, -0.05) is 47.5 Å². The predicted octanol–water partition coefficient (Wildman–Crippen LogP) is 4.23. The maximum Gasteiger partial charge on any atom is 0.270 e. The number of rotatable bonds is 11. The minimum Gasteiger partial charge on any atom is -0.488 e. The number of aromatic nitrogens is 1. The molecule has 0 aliphatic carbocycles. The van der Waals surface area contributed by atoms with Gasteiger partial charge in [0.2, 0.25) is 5.91 Å². The number of nitrogens with two attached hydrogens (primary N) is 1. The zero-order valence-electron chi connectivity index (χ0n) is 21.3. The molecule has 0 bridgehead atoms. The number of aryl methyl sites for hydroxylation is 1. The van der Waals surface area contributed by atoms with Gasteiger partial charge in [0.25, 0.3) is 5.91 Å². The van der Waals surface area contributed by atoms with E-state index in [1.807, 2.05) is 56.3 Å². The molecule has 0 radical (unpaired) electrons. The van der Waals surface area contributed by atoms with Gasteiger partial charge < -0.3 is 15.8 Å². The lowest BCUT2D eigenvalue weighted by molar-refractivity contribution is -0.129. The molecule has 1 atom stereocenters. The molecule has 2 aromatic carbocycles. The van der Waals surface area contributed by atoms with Crippen LogP contribution in [0.4, 0.5) is 0 Å². The van der Waals surface area contributed by atoms with Gasteiger partial charge in [-0.25, -0.2) is 9.98 Å². The second kappa shape index (κ2) is 12.4. The van der Waals surface area contributed by atoms with Crippen molar-refractivity contribution >= 4 is 41.0 Å². The molecular weight excluding hydrogens is 522 g/mol. The first kappa shape index (κ1) is 27.7. The smallest absolute Gasteiger partial charge is 0.270 e. The number of carbonyl (C=O) groups is 2. The van der Waals surface area contributed by atoms with Crippen LogP contribution in [-0.2, 0) is 35.8 Å². The molecule has 1 unspecified atom stereocenters. The van der Waals surface area contributed by atoms with E-state index >= 15 is 0 Å². The second-order valence-corrected chi connectivity index (χ2v) is 10.8. The van der Waals surface area contributed by atoms with Crippen LogP contribution in [0.5, 0.6) is 5.75 Å². The number of thiazole rings is 1. The van der Waals surface area contributed by atoms with Gasteiger partial charge >= 0.3 is 0 Å². The van der Waals surface area contributed by atoms with Crippen LogP contribution < -0.4 is 21.1 Å². The number of benzene rings is 2. The SMILES string of the molecule is CC1=CC=NC(=O)C1(CC(=O)NCc1cc(C)ccc1CN)NCc1cccc(OCc2cnc(Cl)s2)c1. The van der Waals surface area contributed by atoms with E-state index in [9.17, 15) is 9.59 Å². The van der Waals surface area contributed by atoms with E-state index in [1.54, 1.807) is 12.3 Å². The van der Waals surface area contributed by atoms with Crippen molar-refractivity contribution in [3.63, 3.8) is 0 Å². The molecule has 2 heterocycles. The number of allylic oxidation sites excluding steroid dienone is 1. The number of carbonyl (C=O) groups excluding carboxylic acids is 2. The van der Waals surface area contributed by atoms with Crippen molar-refractivity contribution in [2.75, 3.05) is 0 Å². The van der Waals surface area contributed by atoms with Crippen LogP contribution in [0, 0.1) is 6.92 Å². The molecule has 4 N–H and O–H groups in total. The molecule has 0 saturated carbocycles. The summed E-state index contributed by atoms with van der Waals surface area (Å²) in [6, 6.07) is 13.5. The maximum absolute atomic E-state index is 13.1. The highest BCUT2D eigenvalue weighted by atomic mass is 35.5. The molecular formula is C28H30ClN5O3S. The summed E-state index contributed by atoms with van der Waals surface area (Å²) in [4.78, 5) is 35.1. The van der Waals surface area contributed by atoms with E-state index in [0.29, 0.717) is 36.5 Å². The molecule has 8 nitrogen and oxygen atoms in total. The number of dihydropyridines is 1. The number of hydrogen-bond donors (Lipinski definition) is 3. The first-order chi connectivity index (χ1) is 18.3. The maximum atomic E-state index is 13.1. The average Bonchev–Trinajstić information content (AvgIpc) is 3.33. The van der Waals surface area contributed by atoms with Crippen molar-refractivity contribution in [2.45, 2.75) is 52.0 Å². The fourth-order valence-electron chi connectivity index (χ4n) is 4.25. The van der Waals surface area contributed by atoms with Crippen LogP contribution in [0.25, 0.3) is 0 Å². The minimum atomic E-state index is -1.25. The topological polar surface area (TPSA) is 119 Å². The van der Waals surface area contributed by atoms with Gasteiger partial charge in [-0.2, -0.15) is 0 Å². The first-order valence-electron chi connectivity index (χ1n) is 12.2. The molecule has 0 fully saturated rings. The Morgan fingerprint density at radius 1 is 1.16 bits per heavy atom. The molecule has 198 valence electrons. The average molecular weight is 552 g/mol. The van der Waals surface area contributed by atoms with Crippen molar-refractivity contribution in [1.29, 1.82) is 0 Å². The van der Waals surface area contributed by atoms with Gasteiger partial charge in [-0.3, -0.25) is 14.9 Å². The van der Waals surface area contributed by atoms with Gasteiger partial charge in [-0.05, 0) is 54.3 Å². The number of nitrogens with zero attached hydrogens (tertiary/aromatic N) is 2. The third kappa shape index (κ3) is 6.73. The second-order valence-electron chi connectivity index (χ2n) is 9.14. The zero-order chi connectivity index (χ0) is 27.1. The number of nitrogens with one attached hydrogen (secondary N) is 2. The lowest BCUT2D eigenvalue weighted by atomic mass is 9.84. The number of aliphatic imine (C=N–C) groups is 1. The third-order valence-corrected chi connectivity index (χ3v) is 7.53. The third-order valence-electron chi connectivity index (χ3n) is 6.44. The van der Waals surface area contributed by atoms with Crippen LogP contribution in [0.3, 0.4) is 0 Å². The molecule has 0 saturated heterocycles. The lowest BCUT2D eigenvalue weighted by Gasteiger charge is -2.34. The van der Waals surface area contributed by atoms with Gasteiger partial charge in [-0.15, -0.1) is 11.3 Å². The summed E-state index contributed by atoms with van der Waals surface area (Å²) >= 11 is 7.26. The van der Waals surface area contributed by atoms with Gasteiger partial charge in [0.1, 0.15) is 17.9 Å². The summed E-state index contributed by atoms with van der Waals surface area (Å²) in [6.07, 6.45) is 4.83. The Labute approximate surface area is 231 Å². The van der Waals surface area contributed by atoms with E-state index in [0.717, 1.165) is 32.7 Å². The number of hydrogen-bond acceptors (Lipinski definition) is 7. The minimum absolute atomic E-state index is 0.0857. The highest BCUT2D eigenvalue weighted by Gasteiger charge is 2.42. The van der Waals surface area contributed by atoms with Crippen LogP contribution in [0.15, 0.2) is 65.3 Å². The summed E-state index contributed by atoms with van der Waals surface area (Å²) in [5.41, 5.74) is 9.24. The van der Waals surface area contributed by atoms with E-state index in [1.165, 1.54) is 17.6 Å². The zero-order valence-corrected chi connectivity index (χ0v) is 22.9. The lowest BCUT2D eigenvalue weighted by Crippen LogP contribution is -2.55. The summed E-state index contributed by atoms with van der Waals surface area (Å²) < 4.78 is 6.35. The van der Waals surface area contributed by atoms with E-state index in [-0.39, 0.29) is 12.3 Å². The number of amides is 2. The monoisotopic (exact) mass is 551 g/mol. The quantitative estimate of drug-likeness (QED) is 0.328. The van der Waals surface area contributed by atoms with Crippen LogP contribution in [0.1, 0.15) is 40.5 Å². The molecule has 1 aromatic heterocycles. The van der Waals surface area contributed by atoms with Gasteiger partial charge in [0, 0.05) is 32.0 Å². The van der Waals surface area contributed by atoms with Crippen molar-refractivity contribution in [3.05, 3.63) is 91.9 Å². The summed E-state index contributed by atoms with van der Waals surface area (Å²) in [7, 11) is 0. The van der Waals surface area contributed by atoms with Gasteiger partial charge in [0.15, 0.2) is 4.47 Å².